The van der Waals surface area contributed by atoms with E-state index in [4.69, 9.17) is 0 Å². The molecule has 26 heavy (non-hydrogen) atoms. The van der Waals surface area contributed by atoms with Gasteiger partial charge in [-0.15, -0.1) is 39.7 Å². The molecule has 4 rings (SSSR count). The molecule has 0 amide bonds. The monoisotopic (exact) mass is 434 g/mol. The zero-order valence-corrected chi connectivity index (χ0v) is 19.8. The van der Waals surface area contributed by atoms with Crippen molar-refractivity contribution in [3.8, 4) is 0 Å². The Labute approximate surface area is 182 Å². The number of hydrogen-bond donors (Lipinski definition) is 0. The van der Waals surface area contributed by atoms with Crippen molar-refractivity contribution < 1.29 is 44.0 Å². The fourth-order valence-electron chi connectivity index (χ4n) is 2.65. The standard InChI is InChI=1S/C13H9.C7H9.C2H6Si.2ClH.Ti/c1-3-7-12-10(5-1)9-11-6-2-4-8-13(11)12;1-6-3-4-7(2)5-6;1-3-2;;;/h1-9H;3-4,6H,1-2H3;1-2H3;2*1H;/q2*-1;;;;+2/p-2. The predicted octanol–water partition coefficient (Wildman–Crippen LogP) is 0.446. The van der Waals surface area contributed by atoms with Crippen molar-refractivity contribution in [2.45, 2.75) is 26.9 Å². The number of benzene rings is 2. The molecule has 0 fully saturated rings. The number of rotatable bonds is 0. The van der Waals surface area contributed by atoms with Gasteiger partial charge in [0.05, 0.1) is 0 Å². The van der Waals surface area contributed by atoms with Crippen LogP contribution in [0.5, 0.6) is 0 Å². The quantitative estimate of drug-likeness (QED) is 0.356. The molecule has 0 aliphatic heterocycles. The normalized spacial score (nSPS) is 14.2. The first-order valence-corrected chi connectivity index (χ1v) is 13.1. The number of halogens is 2. The average molecular weight is 435 g/mol. The van der Waals surface area contributed by atoms with E-state index < -0.39 is 0 Å². The van der Waals surface area contributed by atoms with Crippen molar-refractivity contribution in [2.24, 2.45) is 5.92 Å². The van der Waals surface area contributed by atoms with Crippen LogP contribution in [0.1, 0.15) is 13.8 Å². The van der Waals surface area contributed by atoms with Gasteiger partial charge in [-0.2, -0.15) is 6.08 Å². The maximum absolute atomic E-state index is 3.22. The molecule has 0 heterocycles. The Morgan fingerprint density at radius 1 is 0.923 bits per heavy atom. The van der Waals surface area contributed by atoms with Crippen LogP contribution in [0, 0.1) is 12.0 Å². The SMILES string of the molecule is CC1=[C-]C(C)C=C1.C[Si](C)=[Ti+2].[Cl-].[Cl-].c1ccc2c(c1)[cH-]c1ccccc12. The smallest absolute Gasteiger partial charge is 0.0771 e. The van der Waals surface area contributed by atoms with Crippen molar-refractivity contribution in [1.29, 1.82) is 0 Å². The molecule has 0 aromatic heterocycles. The van der Waals surface area contributed by atoms with Crippen molar-refractivity contribution in [2.75, 3.05) is 0 Å². The average Bonchev–Trinajstić information content (AvgIpc) is 3.10. The second-order valence-corrected chi connectivity index (χ2v) is 13.0. The molecule has 0 saturated heterocycles. The van der Waals surface area contributed by atoms with Gasteiger partial charge in [0, 0.05) is 0 Å². The molecule has 1 aliphatic rings. The summed E-state index contributed by atoms with van der Waals surface area (Å²) in [7, 11) is 0. The zero-order chi connectivity index (χ0) is 17.5. The Kier molecular flexibility index (Phi) is 12.3. The van der Waals surface area contributed by atoms with Gasteiger partial charge in [-0.05, 0) is 0 Å². The van der Waals surface area contributed by atoms with Crippen LogP contribution < -0.4 is 24.8 Å². The van der Waals surface area contributed by atoms with Gasteiger partial charge in [-0.1, -0.05) is 56.2 Å². The van der Waals surface area contributed by atoms with E-state index in [1.807, 2.05) is 0 Å². The van der Waals surface area contributed by atoms with Gasteiger partial charge in [0.2, 0.25) is 0 Å². The van der Waals surface area contributed by atoms with Crippen molar-refractivity contribution in [1.82, 2.24) is 0 Å². The minimum absolute atomic E-state index is 0. The minimum atomic E-state index is 0. The molecule has 0 radical (unpaired) electrons. The third-order valence-electron chi connectivity index (χ3n) is 3.61. The first-order valence-electron chi connectivity index (χ1n) is 8.30. The summed E-state index contributed by atoms with van der Waals surface area (Å²) in [4.78, 5) is 0. The number of fused-ring (bicyclic) bond motifs is 3. The van der Waals surface area contributed by atoms with Gasteiger partial charge in [0.25, 0.3) is 0 Å². The molecule has 4 heteroatoms. The summed E-state index contributed by atoms with van der Waals surface area (Å²) >= 11 is 2.27. The summed E-state index contributed by atoms with van der Waals surface area (Å²) in [6.07, 6.45) is 7.59. The second-order valence-electron chi connectivity index (χ2n) is 6.29. The van der Waals surface area contributed by atoms with Crippen LogP contribution >= 0.6 is 0 Å². The number of allylic oxidation sites excluding steroid dienone is 4. The van der Waals surface area contributed by atoms with Crippen LogP contribution in [0.25, 0.3) is 21.5 Å². The largest absolute Gasteiger partial charge is 1.00 e. The third kappa shape index (κ3) is 7.90. The fraction of sp³-hybridized carbons (Fsp3) is 0.227. The predicted molar refractivity (Wildman–Crippen MR) is 105 cm³/mol. The first-order chi connectivity index (χ1) is 11.5. The molecule has 0 bridgehead atoms. The Hall–Kier alpha value is -0.699. The second kappa shape index (κ2) is 12.6. The molecular weight excluding hydrogens is 411 g/mol. The summed E-state index contributed by atoms with van der Waals surface area (Å²) in [6.45, 7) is 8.74. The fourth-order valence-corrected chi connectivity index (χ4v) is 2.65. The van der Waals surface area contributed by atoms with E-state index in [0.29, 0.717) is 5.92 Å². The molecule has 0 N–H and O–H groups in total. The molecule has 3 aromatic rings. The van der Waals surface area contributed by atoms with E-state index in [2.05, 4.69) is 119 Å². The molecule has 136 valence electrons. The first kappa shape index (κ1) is 25.3. The summed E-state index contributed by atoms with van der Waals surface area (Å²) in [5.41, 5.74) is 1.27. The van der Waals surface area contributed by atoms with Gasteiger partial charge in [0.15, 0.2) is 0 Å². The van der Waals surface area contributed by atoms with Gasteiger partial charge in [-0.3, -0.25) is 6.08 Å². The zero-order valence-electron chi connectivity index (χ0n) is 15.7. The summed E-state index contributed by atoms with van der Waals surface area (Å²) < 4.78 is 0. The van der Waals surface area contributed by atoms with E-state index in [0.717, 1.165) is 0 Å². The maximum atomic E-state index is 3.22. The summed E-state index contributed by atoms with van der Waals surface area (Å²) in [5.74, 6) is 0.556. The Morgan fingerprint density at radius 3 is 1.65 bits per heavy atom. The Balaban J connectivity index is 0.000000415. The Bertz CT molecular complexity index is 839. The molecule has 3 aromatic carbocycles. The van der Waals surface area contributed by atoms with Crippen LogP contribution in [0.15, 0.2) is 72.3 Å². The number of hydrogen-bond acceptors (Lipinski definition) is 0. The van der Waals surface area contributed by atoms with E-state index in [-0.39, 0.29) is 31.0 Å². The maximum Gasteiger partial charge on any atom is -0.0771 e. The minimum Gasteiger partial charge on any atom is -1.00 e. The van der Waals surface area contributed by atoms with Crippen LogP contribution in [0.4, 0.5) is 0 Å². The van der Waals surface area contributed by atoms with Crippen LogP contribution in [0.2, 0.25) is 13.1 Å². The topological polar surface area (TPSA) is 0 Å². The molecule has 1 aliphatic carbocycles. The van der Waals surface area contributed by atoms with E-state index >= 15 is 0 Å². The molecule has 1 unspecified atom stereocenters. The van der Waals surface area contributed by atoms with Crippen molar-refractivity contribution in [3.05, 3.63) is 78.4 Å². The van der Waals surface area contributed by atoms with Gasteiger partial charge in [-0.25, -0.2) is 11.6 Å². The van der Waals surface area contributed by atoms with Gasteiger partial charge in [0.1, 0.15) is 0 Å². The van der Waals surface area contributed by atoms with Gasteiger partial charge >= 0.3 is 38.5 Å². The van der Waals surface area contributed by atoms with Crippen molar-refractivity contribution in [3.63, 3.8) is 0 Å². The van der Waals surface area contributed by atoms with E-state index in [1.54, 1.807) is 0 Å². The molecule has 1 atom stereocenters. The van der Waals surface area contributed by atoms with Gasteiger partial charge < -0.3 is 24.8 Å². The van der Waals surface area contributed by atoms with Crippen molar-refractivity contribution >= 4 is 27.7 Å². The molecule has 0 saturated carbocycles. The Morgan fingerprint density at radius 2 is 1.35 bits per heavy atom. The summed E-state index contributed by atoms with van der Waals surface area (Å²) in [6, 6.07) is 19.3. The van der Waals surface area contributed by atoms with Crippen LogP contribution in [-0.2, 0) is 19.2 Å². The molecule has 0 nitrogen and oxygen atoms in total. The van der Waals surface area contributed by atoms with Crippen LogP contribution in [0.3, 0.4) is 0 Å². The van der Waals surface area contributed by atoms with E-state index in [1.165, 1.54) is 27.1 Å². The van der Waals surface area contributed by atoms with E-state index in [9.17, 15) is 0 Å². The molecule has 0 spiro atoms. The third-order valence-corrected chi connectivity index (χ3v) is 3.61. The summed E-state index contributed by atoms with van der Waals surface area (Å²) in [5, 5.41) is 5.39. The molecular formula is C22H24Cl2SiTi-2. The van der Waals surface area contributed by atoms with Crippen LogP contribution in [-0.4, -0.2) is 6.19 Å².